The van der Waals surface area contributed by atoms with E-state index in [2.05, 4.69) is 36.7 Å². The highest BCUT2D eigenvalue weighted by Gasteiger charge is 2.53. The predicted molar refractivity (Wildman–Crippen MR) is 93.8 cm³/mol. The van der Waals surface area contributed by atoms with Gasteiger partial charge in [-0.05, 0) is 37.0 Å². The lowest BCUT2D eigenvalue weighted by molar-refractivity contribution is -0.136. The molecule has 0 aromatic carbocycles. The van der Waals surface area contributed by atoms with Gasteiger partial charge in [0.1, 0.15) is 12.1 Å². The average molecular weight is 350 g/mol. The molecule has 1 spiro atoms. The average Bonchev–Trinajstić information content (AvgIpc) is 2.70. The number of nitrogens with one attached hydrogen (secondary N) is 3. The number of rotatable bonds is 4. The topological polar surface area (TPSA) is 90.5 Å². The zero-order chi connectivity index (χ0) is 18.2. The van der Waals surface area contributed by atoms with Gasteiger partial charge in [-0.15, -0.1) is 0 Å². The minimum absolute atomic E-state index is 0.185. The van der Waals surface area contributed by atoms with Crippen LogP contribution < -0.4 is 16.0 Å². The monoisotopic (exact) mass is 350 g/mol. The van der Waals surface area contributed by atoms with Gasteiger partial charge in [0.25, 0.3) is 5.91 Å². The minimum Gasteiger partial charge on any atom is -0.354 e. The van der Waals surface area contributed by atoms with Gasteiger partial charge < -0.3 is 16.0 Å². The second-order valence-electron chi connectivity index (χ2n) is 8.87. The summed E-state index contributed by atoms with van der Waals surface area (Å²) < 4.78 is 0. The van der Waals surface area contributed by atoms with Crippen LogP contribution in [0.1, 0.15) is 46.5 Å². The predicted octanol–water partition coefficient (Wildman–Crippen LogP) is 0.849. The molecule has 0 atom stereocenters. The van der Waals surface area contributed by atoms with Gasteiger partial charge in [-0.25, -0.2) is 4.79 Å². The van der Waals surface area contributed by atoms with E-state index in [4.69, 9.17) is 0 Å². The molecule has 1 aliphatic carbocycles. The fourth-order valence-electron chi connectivity index (χ4n) is 4.09. The van der Waals surface area contributed by atoms with Crippen molar-refractivity contribution in [3.8, 4) is 0 Å². The van der Waals surface area contributed by atoms with Crippen molar-refractivity contribution >= 4 is 17.8 Å². The molecule has 3 fully saturated rings. The molecule has 0 radical (unpaired) electrons. The number of nitrogens with zero attached hydrogens (tertiary/aromatic N) is 1. The van der Waals surface area contributed by atoms with Gasteiger partial charge in [0.2, 0.25) is 5.91 Å². The molecule has 7 heteroatoms. The van der Waals surface area contributed by atoms with E-state index in [0.29, 0.717) is 31.2 Å². The van der Waals surface area contributed by atoms with Crippen molar-refractivity contribution in [2.24, 2.45) is 17.3 Å². The number of urea groups is 1. The molecule has 2 heterocycles. The molecule has 3 aliphatic rings. The second kappa shape index (κ2) is 6.59. The molecule has 0 unspecified atom stereocenters. The van der Waals surface area contributed by atoms with Gasteiger partial charge in [0, 0.05) is 25.6 Å². The van der Waals surface area contributed by atoms with E-state index in [1.165, 1.54) is 0 Å². The van der Waals surface area contributed by atoms with Crippen molar-refractivity contribution in [1.29, 1.82) is 0 Å². The molecule has 4 amide bonds. The molecule has 2 saturated heterocycles. The summed E-state index contributed by atoms with van der Waals surface area (Å²) in [5.74, 6) is 0.503. The van der Waals surface area contributed by atoms with Gasteiger partial charge in [0.15, 0.2) is 0 Å². The molecule has 2 aliphatic heterocycles. The Morgan fingerprint density at radius 2 is 1.88 bits per heavy atom. The Hall–Kier alpha value is -1.63. The molecule has 7 nitrogen and oxygen atoms in total. The maximum absolute atomic E-state index is 12.8. The summed E-state index contributed by atoms with van der Waals surface area (Å²) in [6.45, 7) is 8.88. The van der Waals surface area contributed by atoms with E-state index >= 15 is 0 Å². The van der Waals surface area contributed by atoms with E-state index < -0.39 is 11.6 Å². The maximum atomic E-state index is 12.8. The highest BCUT2D eigenvalue weighted by molar-refractivity contribution is 6.09. The summed E-state index contributed by atoms with van der Waals surface area (Å²) in [6, 6.07) is -0.431. The van der Waals surface area contributed by atoms with Crippen molar-refractivity contribution < 1.29 is 14.4 Å². The van der Waals surface area contributed by atoms with E-state index in [1.807, 2.05) is 0 Å². The maximum Gasteiger partial charge on any atom is 0.325 e. The van der Waals surface area contributed by atoms with Crippen LogP contribution in [0, 0.1) is 17.3 Å². The summed E-state index contributed by atoms with van der Waals surface area (Å²) >= 11 is 0. The Morgan fingerprint density at radius 3 is 2.40 bits per heavy atom. The van der Waals surface area contributed by atoms with Crippen molar-refractivity contribution in [2.75, 3.05) is 26.2 Å². The second-order valence-corrected chi connectivity index (χ2v) is 8.87. The highest BCUT2D eigenvalue weighted by atomic mass is 16.2. The zero-order valence-electron chi connectivity index (χ0n) is 15.5. The van der Waals surface area contributed by atoms with E-state index in [-0.39, 0.29) is 23.8 Å². The summed E-state index contributed by atoms with van der Waals surface area (Å²) in [4.78, 5) is 38.3. The van der Waals surface area contributed by atoms with Crippen molar-refractivity contribution in [1.82, 2.24) is 20.9 Å². The van der Waals surface area contributed by atoms with Crippen LogP contribution in [-0.4, -0.2) is 54.5 Å². The number of carbonyl (C=O) groups is 3. The Labute approximate surface area is 149 Å². The number of carbonyl (C=O) groups excluding carboxylic acids is 3. The third-order valence-electron chi connectivity index (χ3n) is 6.07. The highest BCUT2D eigenvalue weighted by Crippen LogP contribution is 2.43. The third-order valence-corrected chi connectivity index (χ3v) is 6.07. The van der Waals surface area contributed by atoms with Gasteiger partial charge >= 0.3 is 6.03 Å². The van der Waals surface area contributed by atoms with Gasteiger partial charge in [-0.3, -0.25) is 14.5 Å². The fraction of sp³-hybridized carbons (Fsp3) is 0.833. The lowest BCUT2D eigenvalue weighted by Crippen LogP contribution is -2.51. The largest absolute Gasteiger partial charge is 0.354 e. The van der Waals surface area contributed by atoms with Crippen LogP contribution in [0.15, 0.2) is 0 Å². The molecule has 3 rings (SSSR count). The van der Waals surface area contributed by atoms with Gasteiger partial charge in [0.05, 0.1) is 0 Å². The lowest BCUT2D eigenvalue weighted by atomic mass is 9.67. The van der Waals surface area contributed by atoms with Crippen LogP contribution in [0.25, 0.3) is 0 Å². The zero-order valence-corrected chi connectivity index (χ0v) is 15.5. The van der Waals surface area contributed by atoms with Crippen molar-refractivity contribution in [3.05, 3.63) is 0 Å². The quantitative estimate of drug-likeness (QED) is 0.656. The SMILES string of the molecule is CC(C)(C)C1CCC2(CC1)NC(=O)N(CC(=O)NCC1CNC1)C2=O. The normalized spacial score (nSPS) is 30.4. The minimum atomic E-state index is -0.795. The molecule has 3 N–H and O–H groups in total. The Balaban J connectivity index is 1.56. The first kappa shape index (κ1) is 18.2. The molecule has 0 aromatic heterocycles. The van der Waals surface area contributed by atoms with Crippen molar-refractivity contribution in [3.63, 3.8) is 0 Å². The standard InChI is InChI=1S/C18H30N4O3/c1-17(2,3)13-4-6-18(7-5-13)15(24)22(16(25)21-18)11-14(23)20-10-12-8-19-9-12/h12-13,19H,4-11H2,1-3H3,(H,20,23)(H,21,25). The number of amides is 4. The number of hydrogen-bond acceptors (Lipinski definition) is 4. The van der Waals surface area contributed by atoms with Crippen LogP contribution in [0.3, 0.4) is 0 Å². The number of imide groups is 1. The summed E-state index contributed by atoms with van der Waals surface area (Å²) in [7, 11) is 0. The first-order chi connectivity index (χ1) is 11.7. The Morgan fingerprint density at radius 1 is 1.24 bits per heavy atom. The van der Waals surface area contributed by atoms with Gasteiger partial charge in [-0.2, -0.15) is 0 Å². The van der Waals surface area contributed by atoms with Crippen LogP contribution >= 0.6 is 0 Å². The van der Waals surface area contributed by atoms with Crippen LogP contribution in [-0.2, 0) is 9.59 Å². The Bertz CT molecular complexity index is 557. The first-order valence-corrected chi connectivity index (χ1v) is 9.33. The molecule has 140 valence electrons. The smallest absolute Gasteiger partial charge is 0.325 e. The fourth-order valence-corrected chi connectivity index (χ4v) is 4.09. The summed E-state index contributed by atoms with van der Waals surface area (Å²) in [6.07, 6.45) is 3.16. The number of hydrogen-bond donors (Lipinski definition) is 3. The van der Waals surface area contributed by atoms with E-state index in [0.717, 1.165) is 30.8 Å². The van der Waals surface area contributed by atoms with Crippen molar-refractivity contribution in [2.45, 2.75) is 52.0 Å². The summed E-state index contributed by atoms with van der Waals surface area (Å²) in [5.41, 5.74) is -0.583. The van der Waals surface area contributed by atoms with E-state index in [1.54, 1.807) is 0 Å². The molecule has 25 heavy (non-hydrogen) atoms. The molecule has 1 saturated carbocycles. The Kier molecular flexibility index (Phi) is 4.79. The lowest BCUT2D eigenvalue weighted by Gasteiger charge is -2.40. The molecular weight excluding hydrogens is 320 g/mol. The van der Waals surface area contributed by atoms with Gasteiger partial charge in [-0.1, -0.05) is 20.8 Å². The van der Waals surface area contributed by atoms with E-state index in [9.17, 15) is 14.4 Å². The molecular formula is C18H30N4O3. The first-order valence-electron chi connectivity index (χ1n) is 9.33. The molecule has 0 bridgehead atoms. The third kappa shape index (κ3) is 3.66. The van der Waals surface area contributed by atoms with Crippen LogP contribution in [0.2, 0.25) is 0 Å². The van der Waals surface area contributed by atoms with Crippen LogP contribution in [0.4, 0.5) is 4.79 Å². The molecule has 0 aromatic rings. The summed E-state index contributed by atoms with van der Waals surface area (Å²) in [5, 5.41) is 8.84. The van der Waals surface area contributed by atoms with Crippen LogP contribution in [0.5, 0.6) is 0 Å².